The van der Waals surface area contributed by atoms with Crippen molar-refractivity contribution in [2.45, 2.75) is 4.90 Å². The number of nitrogens with zero attached hydrogens (tertiary/aromatic N) is 5. The van der Waals surface area contributed by atoms with Gasteiger partial charge in [0.2, 0.25) is 16.5 Å². The molecule has 15 heteroatoms. The number of aromatic carboxylic acids is 1. The SMILES string of the molecule is O=C(O)c1ccccc1/N=N/c1c(S(=O)(=O)O)cc2cc(Nc3nc(Cl)nc(Cl)n3)ccc2c1O. The lowest BCUT2D eigenvalue weighted by Gasteiger charge is -2.11. The summed E-state index contributed by atoms with van der Waals surface area (Å²) in [4.78, 5) is 22.0. The molecule has 4 N–H and O–H groups in total. The maximum absolute atomic E-state index is 12.1. The molecule has 178 valence electrons. The molecule has 0 saturated carbocycles. The Balaban J connectivity index is 1.82. The summed E-state index contributed by atoms with van der Waals surface area (Å²) in [7, 11) is -4.88. The highest BCUT2D eigenvalue weighted by Gasteiger charge is 2.22. The van der Waals surface area contributed by atoms with E-state index < -0.39 is 32.4 Å². The highest BCUT2D eigenvalue weighted by Crippen LogP contribution is 2.42. The minimum atomic E-state index is -4.88. The first-order chi connectivity index (χ1) is 16.5. The number of hydrogen-bond donors (Lipinski definition) is 4. The molecule has 0 atom stereocenters. The Morgan fingerprint density at radius 3 is 2.31 bits per heavy atom. The second kappa shape index (κ2) is 9.38. The topological polar surface area (TPSA) is 187 Å². The third-order valence-corrected chi connectivity index (χ3v) is 5.76. The van der Waals surface area contributed by atoms with Crippen LogP contribution in [0.3, 0.4) is 0 Å². The molecule has 4 rings (SSSR count). The number of phenols is 1. The second-order valence-electron chi connectivity index (χ2n) is 6.83. The van der Waals surface area contributed by atoms with Crippen LogP contribution < -0.4 is 5.32 Å². The van der Waals surface area contributed by atoms with E-state index >= 15 is 0 Å². The zero-order valence-corrected chi connectivity index (χ0v) is 19.4. The first-order valence-electron chi connectivity index (χ1n) is 9.38. The number of aromatic hydroxyl groups is 1. The van der Waals surface area contributed by atoms with Crippen LogP contribution in [0, 0.1) is 0 Å². The molecule has 1 heterocycles. The largest absolute Gasteiger partial charge is 0.505 e. The molecule has 0 aliphatic heterocycles. The zero-order chi connectivity index (χ0) is 25.3. The molecule has 3 aromatic carbocycles. The van der Waals surface area contributed by atoms with Crippen molar-refractivity contribution in [3.8, 4) is 5.75 Å². The monoisotopic (exact) mass is 534 g/mol. The fourth-order valence-corrected chi connectivity index (χ4v) is 4.10. The van der Waals surface area contributed by atoms with E-state index in [-0.39, 0.29) is 38.5 Å². The smallest absolute Gasteiger partial charge is 0.337 e. The highest BCUT2D eigenvalue weighted by atomic mass is 35.5. The third-order valence-electron chi connectivity index (χ3n) is 4.56. The molecule has 0 saturated heterocycles. The number of azo groups is 1. The van der Waals surface area contributed by atoms with Crippen LogP contribution >= 0.6 is 23.2 Å². The molecule has 35 heavy (non-hydrogen) atoms. The number of nitrogens with one attached hydrogen (secondary N) is 1. The van der Waals surface area contributed by atoms with Crippen LogP contribution in [0.25, 0.3) is 10.8 Å². The molecule has 0 radical (unpaired) electrons. The van der Waals surface area contributed by atoms with Gasteiger partial charge >= 0.3 is 5.97 Å². The van der Waals surface area contributed by atoms with Crippen molar-refractivity contribution in [3.05, 3.63) is 64.7 Å². The quantitative estimate of drug-likeness (QED) is 0.190. The molecule has 0 unspecified atom stereocenters. The zero-order valence-electron chi connectivity index (χ0n) is 17.1. The molecular weight excluding hydrogens is 523 g/mol. The number of rotatable bonds is 6. The Bertz CT molecular complexity index is 1610. The van der Waals surface area contributed by atoms with E-state index in [0.717, 1.165) is 6.07 Å². The lowest BCUT2D eigenvalue weighted by Crippen LogP contribution is -2.01. The molecule has 0 amide bonds. The number of carbonyl (C=O) groups is 1. The fourth-order valence-electron chi connectivity index (χ4n) is 3.08. The summed E-state index contributed by atoms with van der Waals surface area (Å²) in [5.74, 6) is -1.88. The number of aromatic nitrogens is 3. The van der Waals surface area contributed by atoms with Gasteiger partial charge in [-0.1, -0.05) is 12.1 Å². The van der Waals surface area contributed by atoms with Crippen molar-refractivity contribution in [1.29, 1.82) is 0 Å². The Labute approximate surface area is 206 Å². The predicted octanol–water partition coefficient (Wildman–Crippen LogP) is 5.14. The van der Waals surface area contributed by atoms with E-state index in [9.17, 15) is 28.0 Å². The minimum Gasteiger partial charge on any atom is -0.505 e. The Morgan fingerprint density at radius 2 is 1.66 bits per heavy atom. The molecule has 0 aliphatic rings. The van der Waals surface area contributed by atoms with Gasteiger partial charge < -0.3 is 15.5 Å². The highest BCUT2D eigenvalue weighted by molar-refractivity contribution is 7.86. The lowest BCUT2D eigenvalue weighted by atomic mass is 10.1. The summed E-state index contributed by atoms with van der Waals surface area (Å²) in [6.07, 6.45) is 0. The first kappa shape index (κ1) is 24.2. The first-order valence-corrected chi connectivity index (χ1v) is 11.6. The van der Waals surface area contributed by atoms with Crippen LogP contribution in [0.1, 0.15) is 10.4 Å². The number of phenolic OH excluding ortho intramolecular Hbond substituents is 1. The van der Waals surface area contributed by atoms with Crippen LogP contribution in [0.15, 0.2) is 63.7 Å². The number of carboxylic acid groups (broad SMARTS) is 1. The maximum atomic E-state index is 12.1. The molecule has 0 bridgehead atoms. The molecule has 4 aromatic rings. The van der Waals surface area contributed by atoms with Gasteiger partial charge in [-0.3, -0.25) is 4.55 Å². The Hall–Kier alpha value is -3.91. The van der Waals surface area contributed by atoms with Gasteiger partial charge in [-0.25, -0.2) is 4.79 Å². The Kier molecular flexibility index (Phi) is 6.49. The number of hydrogen-bond acceptors (Lipinski definition) is 10. The Morgan fingerprint density at radius 1 is 0.971 bits per heavy atom. The maximum Gasteiger partial charge on any atom is 0.337 e. The van der Waals surface area contributed by atoms with Crippen LogP contribution in [0.4, 0.5) is 23.0 Å². The number of fused-ring (bicyclic) bond motifs is 1. The summed E-state index contributed by atoms with van der Waals surface area (Å²) in [6.45, 7) is 0. The van der Waals surface area contributed by atoms with Crippen LogP contribution in [-0.4, -0.2) is 44.1 Å². The predicted molar refractivity (Wildman–Crippen MR) is 126 cm³/mol. The number of anilines is 2. The molecule has 12 nitrogen and oxygen atoms in total. The van der Waals surface area contributed by atoms with E-state index in [4.69, 9.17) is 23.2 Å². The van der Waals surface area contributed by atoms with Crippen molar-refractivity contribution in [3.63, 3.8) is 0 Å². The standard InChI is InChI=1S/C20H12Cl2N6O6S/c21-18-24-19(22)26-20(25-18)23-10-5-6-11-9(7-10)8-14(35(32,33)34)15(16(11)29)28-27-13-4-2-1-3-12(13)17(30)31/h1-8,29H,(H,30,31)(H,32,33,34)(H,23,24,25,26)/b28-27+. The molecule has 0 spiro atoms. The second-order valence-corrected chi connectivity index (χ2v) is 8.89. The summed E-state index contributed by atoms with van der Waals surface area (Å²) < 4.78 is 33.9. The summed E-state index contributed by atoms with van der Waals surface area (Å²) in [5, 5.41) is 30.4. The van der Waals surface area contributed by atoms with Gasteiger partial charge in [0.1, 0.15) is 16.3 Å². The normalized spacial score (nSPS) is 11.7. The fraction of sp³-hybridized carbons (Fsp3) is 0. The lowest BCUT2D eigenvalue weighted by molar-refractivity contribution is 0.0697. The van der Waals surface area contributed by atoms with E-state index in [0.29, 0.717) is 5.69 Å². The summed E-state index contributed by atoms with van der Waals surface area (Å²) in [5.41, 5.74) is -0.493. The van der Waals surface area contributed by atoms with Gasteiger partial charge in [-0.05, 0) is 65.0 Å². The van der Waals surface area contributed by atoms with E-state index in [1.807, 2.05) is 0 Å². The average molecular weight is 535 g/mol. The van der Waals surface area contributed by atoms with Crippen molar-refractivity contribution in [2.75, 3.05) is 5.32 Å². The van der Waals surface area contributed by atoms with Gasteiger partial charge in [0.25, 0.3) is 10.1 Å². The molecule has 0 fully saturated rings. The van der Waals surface area contributed by atoms with E-state index in [1.165, 1.54) is 42.5 Å². The van der Waals surface area contributed by atoms with Crippen molar-refractivity contribution in [2.24, 2.45) is 10.2 Å². The number of benzene rings is 3. The van der Waals surface area contributed by atoms with Gasteiger partial charge in [0, 0.05) is 11.1 Å². The van der Waals surface area contributed by atoms with E-state index in [1.54, 1.807) is 0 Å². The van der Waals surface area contributed by atoms with E-state index in [2.05, 4.69) is 30.5 Å². The van der Waals surface area contributed by atoms with Crippen molar-refractivity contribution < 1.29 is 28.0 Å². The van der Waals surface area contributed by atoms with Gasteiger partial charge in [-0.2, -0.15) is 23.4 Å². The van der Waals surface area contributed by atoms with Gasteiger partial charge in [0.05, 0.1) is 5.56 Å². The van der Waals surface area contributed by atoms with Crippen molar-refractivity contribution >= 4 is 73.1 Å². The van der Waals surface area contributed by atoms with Crippen LogP contribution in [0.2, 0.25) is 10.6 Å². The average Bonchev–Trinajstić information content (AvgIpc) is 2.77. The summed E-state index contributed by atoms with van der Waals surface area (Å²) in [6, 6.07) is 11.1. The van der Waals surface area contributed by atoms with Crippen molar-refractivity contribution in [1.82, 2.24) is 15.0 Å². The molecular formula is C20H12Cl2N6O6S. The molecule has 0 aliphatic carbocycles. The number of halogens is 2. The van der Waals surface area contributed by atoms with Gasteiger partial charge in [0.15, 0.2) is 5.75 Å². The summed E-state index contributed by atoms with van der Waals surface area (Å²) >= 11 is 11.5. The third kappa shape index (κ3) is 5.27. The van der Waals surface area contributed by atoms with Crippen LogP contribution in [-0.2, 0) is 10.1 Å². The van der Waals surface area contributed by atoms with Crippen LogP contribution in [0.5, 0.6) is 5.75 Å². The number of carboxylic acids is 1. The van der Waals surface area contributed by atoms with Gasteiger partial charge in [-0.15, -0.1) is 10.2 Å². The minimum absolute atomic E-state index is 0.0103. The molecule has 1 aromatic heterocycles.